The number of rotatable bonds is 4. The van der Waals surface area contributed by atoms with E-state index in [1.807, 2.05) is 13.0 Å². The number of hydrogen-bond acceptors (Lipinski definition) is 3. The largest absolute Gasteiger partial charge is 0.453 e. The number of aromatic nitrogens is 1. The monoisotopic (exact) mass is 381 g/mol. The van der Waals surface area contributed by atoms with Gasteiger partial charge in [-0.15, -0.1) is 0 Å². The predicted molar refractivity (Wildman–Crippen MR) is 102 cm³/mol. The smallest absolute Gasteiger partial charge is 0.269 e. The van der Waals surface area contributed by atoms with Crippen molar-refractivity contribution in [1.82, 2.24) is 15.0 Å². The van der Waals surface area contributed by atoms with E-state index in [9.17, 15) is 14.0 Å². The van der Waals surface area contributed by atoms with Crippen molar-refractivity contribution >= 4 is 17.3 Å². The molecule has 0 spiro atoms. The van der Waals surface area contributed by atoms with E-state index >= 15 is 0 Å². The first-order valence-electron chi connectivity index (χ1n) is 9.02. The van der Waals surface area contributed by atoms with Crippen LogP contribution in [-0.2, 0) is 4.79 Å². The fourth-order valence-electron chi connectivity index (χ4n) is 3.45. The van der Waals surface area contributed by atoms with Crippen molar-refractivity contribution in [3.8, 4) is 11.5 Å². The van der Waals surface area contributed by atoms with Gasteiger partial charge in [0.25, 0.3) is 5.91 Å². The summed E-state index contributed by atoms with van der Waals surface area (Å²) < 4.78 is 21.2. The fourth-order valence-corrected chi connectivity index (χ4v) is 3.45. The van der Waals surface area contributed by atoms with Crippen molar-refractivity contribution in [1.29, 1.82) is 0 Å². The summed E-state index contributed by atoms with van der Waals surface area (Å²) in [6.45, 7) is 4.07. The number of ether oxygens (including phenoxy) is 1. The molecule has 1 aromatic carbocycles. The van der Waals surface area contributed by atoms with E-state index in [-0.39, 0.29) is 17.6 Å². The van der Waals surface area contributed by atoms with Crippen molar-refractivity contribution < 1.29 is 18.7 Å². The number of fused-ring (bicyclic) bond motifs is 1. The van der Waals surface area contributed by atoms with Crippen LogP contribution in [0.5, 0.6) is 11.5 Å². The Balaban J connectivity index is 1.68. The molecule has 3 heterocycles. The second-order valence-corrected chi connectivity index (χ2v) is 7.16. The van der Waals surface area contributed by atoms with E-state index in [1.165, 1.54) is 12.1 Å². The summed E-state index contributed by atoms with van der Waals surface area (Å²) in [4.78, 5) is 25.0. The minimum Gasteiger partial charge on any atom is -0.453 e. The van der Waals surface area contributed by atoms with Crippen LogP contribution in [-0.4, -0.2) is 28.3 Å². The van der Waals surface area contributed by atoms with Crippen molar-refractivity contribution in [2.75, 3.05) is 6.54 Å². The van der Waals surface area contributed by atoms with Gasteiger partial charge in [-0.25, -0.2) is 4.39 Å². The summed E-state index contributed by atoms with van der Waals surface area (Å²) in [7, 11) is 0. The van der Waals surface area contributed by atoms with E-state index < -0.39 is 11.4 Å². The highest BCUT2D eigenvalue weighted by atomic mass is 19.1. The van der Waals surface area contributed by atoms with Gasteiger partial charge in [0.2, 0.25) is 5.91 Å². The van der Waals surface area contributed by atoms with Crippen molar-refractivity contribution in [2.45, 2.75) is 25.8 Å². The van der Waals surface area contributed by atoms with Crippen LogP contribution in [0.15, 0.2) is 48.7 Å². The normalized spacial score (nSPS) is 18.9. The Hall–Kier alpha value is -3.35. The van der Waals surface area contributed by atoms with Gasteiger partial charge in [0.1, 0.15) is 17.0 Å². The number of nitrogens with one attached hydrogen (secondary N) is 2. The lowest BCUT2D eigenvalue weighted by molar-refractivity contribution is -0.123. The highest BCUT2D eigenvalue weighted by molar-refractivity contribution is 6.00. The number of aryl methyl sites for hydroxylation is 1. The van der Waals surface area contributed by atoms with Gasteiger partial charge in [0.05, 0.1) is 6.20 Å². The van der Waals surface area contributed by atoms with Gasteiger partial charge in [-0.3, -0.25) is 9.59 Å². The van der Waals surface area contributed by atoms with E-state index in [1.54, 1.807) is 41.8 Å². The fraction of sp³-hybridized carbons (Fsp3) is 0.238. The molecule has 1 aliphatic heterocycles. The molecule has 3 aromatic rings. The lowest BCUT2D eigenvalue weighted by atomic mass is 10.0. The summed E-state index contributed by atoms with van der Waals surface area (Å²) in [6.07, 6.45) is 2.17. The number of carbonyl (C=O) groups is 2. The number of nitrogens with zero attached hydrogens (tertiary/aromatic N) is 1. The van der Waals surface area contributed by atoms with Crippen LogP contribution in [0.3, 0.4) is 0 Å². The second kappa shape index (κ2) is 6.67. The van der Waals surface area contributed by atoms with E-state index in [4.69, 9.17) is 4.74 Å². The zero-order valence-corrected chi connectivity index (χ0v) is 15.6. The van der Waals surface area contributed by atoms with Crippen molar-refractivity contribution in [3.05, 3.63) is 65.7 Å². The number of amides is 2. The topological polar surface area (TPSA) is 71.8 Å². The molecule has 1 fully saturated rings. The van der Waals surface area contributed by atoms with Crippen LogP contribution >= 0.6 is 0 Å². The Morgan fingerprint density at radius 1 is 1.29 bits per heavy atom. The van der Waals surface area contributed by atoms with E-state index in [2.05, 4.69) is 10.6 Å². The number of halogens is 1. The van der Waals surface area contributed by atoms with Crippen LogP contribution in [0.25, 0.3) is 5.52 Å². The molecule has 2 amide bonds. The Morgan fingerprint density at radius 3 is 2.79 bits per heavy atom. The molecule has 1 unspecified atom stereocenters. The first-order chi connectivity index (χ1) is 13.4. The number of para-hydroxylation sites is 1. The molecule has 1 saturated heterocycles. The van der Waals surface area contributed by atoms with Crippen LogP contribution < -0.4 is 15.4 Å². The first kappa shape index (κ1) is 18.0. The Kier molecular flexibility index (Phi) is 4.30. The van der Waals surface area contributed by atoms with Gasteiger partial charge in [0.15, 0.2) is 11.6 Å². The van der Waals surface area contributed by atoms with E-state index in [0.717, 1.165) is 11.1 Å². The Bertz CT molecular complexity index is 1090. The van der Waals surface area contributed by atoms with Gasteiger partial charge >= 0.3 is 0 Å². The third kappa shape index (κ3) is 3.09. The minimum absolute atomic E-state index is 0.104. The van der Waals surface area contributed by atoms with Crippen LogP contribution in [0, 0.1) is 12.7 Å². The first-order valence-corrected chi connectivity index (χ1v) is 9.02. The average molecular weight is 381 g/mol. The maximum absolute atomic E-state index is 13.9. The molecule has 0 saturated carbocycles. The van der Waals surface area contributed by atoms with Crippen LogP contribution in [0.4, 0.5) is 4.39 Å². The number of carbonyl (C=O) groups excluding carboxylic acids is 2. The van der Waals surface area contributed by atoms with Crippen LogP contribution in [0.1, 0.15) is 29.4 Å². The molecule has 0 bridgehead atoms. The van der Waals surface area contributed by atoms with Crippen LogP contribution in [0.2, 0.25) is 0 Å². The minimum atomic E-state index is -0.936. The lowest BCUT2D eigenvalue weighted by Gasteiger charge is -2.22. The van der Waals surface area contributed by atoms with Crippen molar-refractivity contribution in [3.63, 3.8) is 0 Å². The van der Waals surface area contributed by atoms with Crippen molar-refractivity contribution in [2.24, 2.45) is 0 Å². The molecule has 1 atom stereocenters. The highest BCUT2D eigenvalue weighted by Crippen LogP contribution is 2.27. The summed E-state index contributed by atoms with van der Waals surface area (Å²) in [5, 5.41) is 5.58. The third-order valence-corrected chi connectivity index (χ3v) is 5.01. The SMILES string of the molecule is Cc1cc2ccc(Oc3ccccc3F)cn2c1C(=O)NC1(C)CCNC1=O. The molecule has 4 rings (SSSR count). The summed E-state index contributed by atoms with van der Waals surface area (Å²) in [5.74, 6) is -0.508. The molecule has 6 nitrogen and oxygen atoms in total. The number of pyridine rings is 1. The molecule has 2 aromatic heterocycles. The molecule has 2 N–H and O–H groups in total. The Morgan fingerprint density at radius 2 is 2.07 bits per heavy atom. The standard InChI is InChI=1S/C21H20FN3O3/c1-13-11-14-7-8-15(28-17-6-4-3-5-16(17)22)12-25(14)18(13)19(26)24-21(2)9-10-23-20(21)27/h3-8,11-12H,9-10H2,1-2H3,(H,23,27)(H,24,26). The summed E-state index contributed by atoms with van der Waals surface area (Å²) in [5.41, 5.74) is 1.04. The molecule has 144 valence electrons. The molecule has 7 heteroatoms. The average Bonchev–Trinajstić information content (AvgIpc) is 3.15. The second-order valence-electron chi connectivity index (χ2n) is 7.16. The predicted octanol–water partition coefficient (Wildman–Crippen LogP) is 3.19. The summed E-state index contributed by atoms with van der Waals surface area (Å²) >= 11 is 0. The maximum atomic E-state index is 13.9. The molecule has 28 heavy (non-hydrogen) atoms. The van der Waals surface area contributed by atoms with Gasteiger partial charge in [-0.05, 0) is 56.2 Å². The van der Waals surface area contributed by atoms with Gasteiger partial charge in [-0.2, -0.15) is 0 Å². The van der Waals surface area contributed by atoms with E-state index in [0.29, 0.717) is 24.4 Å². The quantitative estimate of drug-likeness (QED) is 0.729. The zero-order chi connectivity index (χ0) is 19.9. The Labute approximate surface area is 161 Å². The molecule has 1 aliphatic rings. The molecule has 0 aliphatic carbocycles. The van der Waals surface area contributed by atoms with Gasteiger partial charge < -0.3 is 19.8 Å². The molecule has 0 radical (unpaired) electrons. The summed E-state index contributed by atoms with van der Waals surface area (Å²) in [6, 6.07) is 11.5. The molecular weight excluding hydrogens is 361 g/mol. The molecular formula is C21H20FN3O3. The van der Waals surface area contributed by atoms with Gasteiger partial charge in [-0.1, -0.05) is 12.1 Å². The number of benzene rings is 1. The lowest BCUT2D eigenvalue weighted by Crippen LogP contribution is -2.51. The highest BCUT2D eigenvalue weighted by Gasteiger charge is 2.39. The number of hydrogen-bond donors (Lipinski definition) is 2. The zero-order valence-electron chi connectivity index (χ0n) is 15.6. The maximum Gasteiger partial charge on any atom is 0.269 e. The van der Waals surface area contributed by atoms with Gasteiger partial charge in [0, 0.05) is 12.1 Å². The third-order valence-electron chi connectivity index (χ3n) is 5.01.